The molecule has 1 aromatic carbocycles. The zero-order valence-corrected chi connectivity index (χ0v) is 13.6. The van der Waals surface area contributed by atoms with Crippen LogP contribution in [0.1, 0.15) is 22.3 Å². The monoisotopic (exact) mass is 345 g/mol. The molecule has 1 aromatic rings. The number of hydrogen-bond acceptors (Lipinski definition) is 5. The molecule has 3 atom stereocenters. The van der Waals surface area contributed by atoms with Gasteiger partial charge >= 0.3 is 0 Å². The SMILES string of the molecule is CNC(=O)C(NC(=O)c1ccc(C#C[C@@H]2C[C@H]2CO)cc1)C(=O)NO. The van der Waals surface area contributed by atoms with Gasteiger partial charge < -0.3 is 15.7 Å². The summed E-state index contributed by atoms with van der Waals surface area (Å²) in [5.74, 6) is 4.07. The second-order valence-corrected chi connectivity index (χ2v) is 5.63. The van der Waals surface area contributed by atoms with Crippen molar-refractivity contribution in [3.05, 3.63) is 35.4 Å². The van der Waals surface area contributed by atoms with Gasteiger partial charge in [-0.3, -0.25) is 19.6 Å². The molecule has 0 spiro atoms. The number of nitrogens with one attached hydrogen (secondary N) is 3. The molecule has 0 radical (unpaired) electrons. The first-order valence-electron chi connectivity index (χ1n) is 7.69. The zero-order valence-electron chi connectivity index (χ0n) is 13.6. The maximum absolute atomic E-state index is 12.1. The molecular formula is C17H19N3O5. The molecule has 0 aliphatic heterocycles. The van der Waals surface area contributed by atoms with Gasteiger partial charge in [-0.15, -0.1) is 0 Å². The van der Waals surface area contributed by atoms with Crippen LogP contribution in [-0.2, 0) is 9.59 Å². The number of hydroxylamine groups is 1. The van der Waals surface area contributed by atoms with Gasteiger partial charge in [-0.2, -0.15) is 0 Å². The molecule has 1 aliphatic carbocycles. The standard InChI is InChI=1S/C17H19N3O5/c1-18-16(23)14(17(24)20-25)19-15(22)11-5-2-10(3-6-11)4-7-12-8-13(12)9-21/h2-3,5-6,12-14,21,25H,8-9H2,1H3,(H,18,23)(H,19,22)(H,20,24)/t12-,13+,14?/m1/s1. The minimum absolute atomic E-state index is 0.145. The zero-order chi connectivity index (χ0) is 18.4. The normalized spacial score (nSPS) is 19.0. The maximum Gasteiger partial charge on any atom is 0.275 e. The van der Waals surface area contributed by atoms with E-state index >= 15 is 0 Å². The van der Waals surface area contributed by atoms with Crippen LogP contribution >= 0.6 is 0 Å². The van der Waals surface area contributed by atoms with Gasteiger partial charge in [-0.1, -0.05) is 11.8 Å². The Labute approximate surface area is 144 Å². The van der Waals surface area contributed by atoms with Crippen LogP contribution < -0.4 is 16.1 Å². The molecule has 1 aliphatic rings. The average Bonchev–Trinajstić information content (AvgIpc) is 3.42. The van der Waals surface area contributed by atoms with E-state index in [1.807, 2.05) is 0 Å². The Balaban J connectivity index is 2.01. The van der Waals surface area contributed by atoms with Crippen molar-refractivity contribution in [3.63, 3.8) is 0 Å². The largest absolute Gasteiger partial charge is 0.396 e. The first-order valence-corrected chi connectivity index (χ1v) is 7.69. The highest BCUT2D eigenvalue weighted by atomic mass is 16.5. The van der Waals surface area contributed by atoms with E-state index in [0.29, 0.717) is 0 Å². The van der Waals surface area contributed by atoms with Crippen LogP contribution in [0.5, 0.6) is 0 Å². The van der Waals surface area contributed by atoms with E-state index in [0.717, 1.165) is 12.0 Å². The number of likely N-dealkylation sites (N-methyl/N-ethyl adjacent to an activating group) is 1. The van der Waals surface area contributed by atoms with E-state index < -0.39 is 23.8 Å². The fraction of sp³-hybridized carbons (Fsp3) is 0.353. The van der Waals surface area contributed by atoms with E-state index in [-0.39, 0.29) is 24.0 Å². The van der Waals surface area contributed by atoms with Crippen molar-refractivity contribution in [1.29, 1.82) is 0 Å². The lowest BCUT2D eigenvalue weighted by molar-refractivity contribution is -0.137. The number of carbonyl (C=O) groups is 3. The molecule has 3 amide bonds. The van der Waals surface area contributed by atoms with Crippen molar-refractivity contribution in [2.45, 2.75) is 12.5 Å². The van der Waals surface area contributed by atoms with Gasteiger partial charge in [0.25, 0.3) is 17.7 Å². The van der Waals surface area contributed by atoms with E-state index in [9.17, 15) is 14.4 Å². The van der Waals surface area contributed by atoms with Crippen molar-refractivity contribution in [2.24, 2.45) is 11.8 Å². The van der Waals surface area contributed by atoms with Crippen LogP contribution in [0.3, 0.4) is 0 Å². The number of hydrogen-bond donors (Lipinski definition) is 5. The van der Waals surface area contributed by atoms with E-state index in [4.69, 9.17) is 10.3 Å². The number of aliphatic hydroxyl groups excluding tert-OH is 1. The van der Waals surface area contributed by atoms with Crippen LogP contribution in [0.2, 0.25) is 0 Å². The molecule has 1 saturated carbocycles. The molecule has 25 heavy (non-hydrogen) atoms. The van der Waals surface area contributed by atoms with Crippen molar-refractivity contribution < 1.29 is 24.7 Å². The summed E-state index contributed by atoms with van der Waals surface area (Å²) >= 11 is 0. The third-order valence-corrected chi connectivity index (χ3v) is 3.86. The minimum Gasteiger partial charge on any atom is -0.396 e. The molecule has 8 heteroatoms. The Morgan fingerprint density at radius 3 is 2.44 bits per heavy atom. The van der Waals surface area contributed by atoms with Crippen LogP contribution in [0, 0.1) is 23.7 Å². The maximum atomic E-state index is 12.1. The summed E-state index contributed by atoms with van der Waals surface area (Å²) in [5.41, 5.74) is 2.30. The first-order chi connectivity index (χ1) is 12.0. The van der Waals surface area contributed by atoms with E-state index in [2.05, 4.69) is 22.5 Å². The molecule has 1 unspecified atom stereocenters. The van der Waals surface area contributed by atoms with Crippen LogP contribution in [0.4, 0.5) is 0 Å². The van der Waals surface area contributed by atoms with Gasteiger partial charge in [0.1, 0.15) is 0 Å². The van der Waals surface area contributed by atoms with Gasteiger partial charge in [0.2, 0.25) is 0 Å². The Morgan fingerprint density at radius 1 is 1.24 bits per heavy atom. The molecule has 0 saturated heterocycles. The molecule has 2 rings (SSSR count). The molecule has 5 N–H and O–H groups in total. The van der Waals surface area contributed by atoms with Crippen molar-refractivity contribution in [2.75, 3.05) is 13.7 Å². The molecule has 0 heterocycles. The third-order valence-electron chi connectivity index (χ3n) is 3.86. The van der Waals surface area contributed by atoms with E-state index in [1.54, 1.807) is 12.1 Å². The van der Waals surface area contributed by atoms with Crippen molar-refractivity contribution in [1.82, 2.24) is 16.1 Å². The summed E-state index contributed by atoms with van der Waals surface area (Å²) in [6.07, 6.45) is 0.901. The number of aliphatic hydroxyl groups is 1. The fourth-order valence-electron chi connectivity index (χ4n) is 2.18. The van der Waals surface area contributed by atoms with Gasteiger partial charge in [0.05, 0.1) is 0 Å². The average molecular weight is 345 g/mol. The topological polar surface area (TPSA) is 128 Å². The molecule has 0 bridgehead atoms. The summed E-state index contributed by atoms with van der Waals surface area (Å²) in [7, 11) is 1.31. The Morgan fingerprint density at radius 2 is 1.92 bits per heavy atom. The van der Waals surface area contributed by atoms with Crippen LogP contribution in [0.25, 0.3) is 0 Å². The highest BCUT2D eigenvalue weighted by molar-refractivity contribution is 6.08. The van der Waals surface area contributed by atoms with Crippen LogP contribution in [-0.4, -0.2) is 47.7 Å². The number of carbonyl (C=O) groups excluding carboxylic acids is 3. The predicted molar refractivity (Wildman–Crippen MR) is 87.3 cm³/mol. The van der Waals surface area contributed by atoms with Crippen molar-refractivity contribution >= 4 is 17.7 Å². The molecule has 132 valence electrons. The summed E-state index contributed by atoms with van der Waals surface area (Å²) in [4.78, 5) is 35.2. The minimum atomic E-state index is -1.55. The molecule has 1 fully saturated rings. The van der Waals surface area contributed by atoms with E-state index in [1.165, 1.54) is 24.7 Å². The van der Waals surface area contributed by atoms with Crippen LogP contribution in [0.15, 0.2) is 24.3 Å². The quantitative estimate of drug-likeness (QED) is 0.203. The first kappa shape index (κ1) is 18.4. The van der Waals surface area contributed by atoms with Gasteiger partial charge in [-0.25, -0.2) is 5.48 Å². The second kappa shape index (κ2) is 8.28. The molecule has 8 nitrogen and oxygen atoms in total. The Kier molecular flexibility index (Phi) is 6.11. The fourth-order valence-corrected chi connectivity index (χ4v) is 2.18. The number of benzene rings is 1. The molecular weight excluding hydrogens is 326 g/mol. The van der Waals surface area contributed by atoms with Gasteiger partial charge in [0, 0.05) is 30.7 Å². The lowest BCUT2D eigenvalue weighted by atomic mass is 10.1. The number of rotatable bonds is 5. The third kappa shape index (κ3) is 4.79. The highest BCUT2D eigenvalue weighted by Crippen LogP contribution is 2.36. The summed E-state index contributed by atoms with van der Waals surface area (Å²) in [6.45, 7) is 0.145. The Bertz CT molecular complexity index is 704. The summed E-state index contributed by atoms with van der Waals surface area (Å²) in [6, 6.07) is 4.80. The summed E-state index contributed by atoms with van der Waals surface area (Å²) < 4.78 is 0. The van der Waals surface area contributed by atoms with Gasteiger partial charge in [0.15, 0.2) is 6.04 Å². The van der Waals surface area contributed by atoms with Crippen molar-refractivity contribution in [3.8, 4) is 11.8 Å². The smallest absolute Gasteiger partial charge is 0.275 e. The second-order valence-electron chi connectivity index (χ2n) is 5.63. The Hall–Kier alpha value is -2.89. The summed E-state index contributed by atoms with van der Waals surface area (Å²) in [5, 5.41) is 22.1. The molecule has 0 aromatic heterocycles. The lowest BCUT2D eigenvalue weighted by Crippen LogP contribution is -2.54. The predicted octanol–water partition coefficient (Wildman–Crippen LogP) is -0.984. The van der Waals surface area contributed by atoms with Gasteiger partial charge in [-0.05, 0) is 36.6 Å². The highest BCUT2D eigenvalue weighted by Gasteiger charge is 2.34. The lowest BCUT2D eigenvalue weighted by Gasteiger charge is -2.15. The number of amides is 3.